The molecular weight excluding hydrogens is 419 g/mol. The van der Waals surface area contributed by atoms with Crippen LogP contribution in [0.4, 0.5) is 18.9 Å². The van der Waals surface area contributed by atoms with Crippen LogP contribution < -0.4 is 4.90 Å². The minimum absolute atomic E-state index is 0.0512. The lowest BCUT2D eigenvalue weighted by atomic mass is 9.92. The van der Waals surface area contributed by atoms with Crippen molar-refractivity contribution in [1.29, 1.82) is 0 Å². The molecule has 2 aliphatic heterocycles. The van der Waals surface area contributed by atoms with Crippen LogP contribution in [0.15, 0.2) is 47.4 Å². The van der Waals surface area contributed by atoms with Gasteiger partial charge in [-0.05, 0) is 49.9 Å². The molecule has 6 nitrogen and oxygen atoms in total. The maximum atomic E-state index is 13.7. The van der Waals surface area contributed by atoms with Gasteiger partial charge in [0.25, 0.3) is 0 Å². The Kier molecular flexibility index (Phi) is 5.11. The molecular formula is C20H20F3N3O3S. The van der Waals surface area contributed by atoms with Crippen LogP contribution in [0.5, 0.6) is 0 Å². The van der Waals surface area contributed by atoms with Gasteiger partial charge in [0.1, 0.15) is 5.82 Å². The molecule has 0 unspecified atom stereocenters. The summed E-state index contributed by atoms with van der Waals surface area (Å²) in [5, 5.41) is 0. The Morgan fingerprint density at radius 3 is 2.47 bits per heavy atom. The zero-order valence-electron chi connectivity index (χ0n) is 16.2. The molecule has 0 bridgehead atoms. The van der Waals surface area contributed by atoms with E-state index in [1.807, 2.05) is 4.90 Å². The molecule has 2 aliphatic rings. The molecule has 10 heteroatoms. The van der Waals surface area contributed by atoms with Crippen molar-refractivity contribution >= 4 is 21.6 Å². The smallest absolute Gasteiger partial charge is 0.243 e. The Balaban J connectivity index is 1.62. The Hall–Kier alpha value is -2.43. The van der Waals surface area contributed by atoms with Crippen molar-refractivity contribution < 1.29 is 26.4 Å². The van der Waals surface area contributed by atoms with Crippen LogP contribution in [0, 0.1) is 17.5 Å². The number of hydrogen-bond acceptors (Lipinski definition) is 4. The van der Waals surface area contributed by atoms with Gasteiger partial charge >= 0.3 is 0 Å². The van der Waals surface area contributed by atoms with E-state index in [9.17, 15) is 26.4 Å². The molecule has 30 heavy (non-hydrogen) atoms. The number of benzene rings is 2. The number of hydrogen-bond donors (Lipinski definition) is 0. The number of anilines is 1. The van der Waals surface area contributed by atoms with Crippen LogP contribution in [0.1, 0.15) is 6.42 Å². The second kappa shape index (κ2) is 7.36. The zero-order chi connectivity index (χ0) is 21.7. The number of piperazine rings is 1. The van der Waals surface area contributed by atoms with E-state index in [1.54, 1.807) is 13.1 Å². The monoisotopic (exact) mass is 439 g/mol. The number of carbonyl (C=O) groups excluding carboxylic acids is 1. The summed E-state index contributed by atoms with van der Waals surface area (Å²) < 4.78 is 67.6. The van der Waals surface area contributed by atoms with Gasteiger partial charge in [-0.15, -0.1) is 0 Å². The second-order valence-electron chi connectivity index (χ2n) is 7.70. The first kappa shape index (κ1) is 20.8. The summed E-state index contributed by atoms with van der Waals surface area (Å²) in [6, 6.07) is 8.18. The lowest BCUT2D eigenvalue weighted by molar-refractivity contribution is -0.123. The quantitative estimate of drug-likeness (QED) is 0.736. The molecule has 2 aromatic rings. The highest BCUT2D eigenvalue weighted by molar-refractivity contribution is 7.89. The number of nitrogens with zero attached hydrogens (tertiary/aromatic N) is 3. The van der Waals surface area contributed by atoms with E-state index in [1.165, 1.54) is 27.4 Å². The number of rotatable bonds is 3. The Bertz CT molecular complexity index is 1110. The van der Waals surface area contributed by atoms with Gasteiger partial charge in [-0.25, -0.2) is 21.6 Å². The minimum Gasteiger partial charge on any atom is -0.309 e. The van der Waals surface area contributed by atoms with Gasteiger partial charge < -0.3 is 4.90 Å². The van der Waals surface area contributed by atoms with Crippen LogP contribution >= 0.6 is 0 Å². The van der Waals surface area contributed by atoms with Gasteiger partial charge in [-0.3, -0.25) is 9.69 Å². The van der Waals surface area contributed by atoms with E-state index in [0.29, 0.717) is 18.2 Å². The van der Waals surface area contributed by atoms with Crippen molar-refractivity contribution in [3.05, 3.63) is 59.9 Å². The summed E-state index contributed by atoms with van der Waals surface area (Å²) in [6.45, 7) is 0.478. The SMILES string of the molecule is CN1CC(=O)N(c2cccc(F)c2)C[C@]12CCN(S(=O)(=O)c1ccc(F)c(F)c1)C2. The van der Waals surface area contributed by atoms with Gasteiger partial charge in [-0.2, -0.15) is 4.31 Å². The van der Waals surface area contributed by atoms with Gasteiger partial charge in [0.15, 0.2) is 11.6 Å². The maximum Gasteiger partial charge on any atom is 0.243 e. The fourth-order valence-corrected chi connectivity index (χ4v) is 5.62. The van der Waals surface area contributed by atoms with E-state index < -0.39 is 33.0 Å². The molecule has 2 aromatic carbocycles. The Morgan fingerprint density at radius 2 is 1.77 bits per heavy atom. The first-order valence-corrected chi connectivity index (χ1v) is 10.8. The summed E-state index contributed by atoms with van der Waals surface area (Å²) in [4.78, 5) is 15.5. The highest BCUT2D eigenvalue weighted by Crippen LogP contribution is 2.36. The lowest BCUT2D eigenvalue weighted by Crippen LogP contribution is -2.64. The summed E-state index contributed by atoms with van der Waals surface area (Å²) in [5.41, 5.74) is -0.263. The van der Waals surface area contributed by atoms with Crippen molar-refractivity contribution in [3.63, 3.8) is 0 Å². The van der Waals surface area contributed by atoms with Crippen molar-refractivity contribution in [2.75, 3.05) is 38.1 Å². The number of likely N-dealkylation sites (N-methyl/N-ethyl adjacent to an activating group) is 1. The van der Waals surface area contributed by atoms with Crippen molar-refractivity contribution in [3.8, 4) is 0 Å². The molecule has 0 saturated carbocycles. The molecule has 2 fully saturated rings. The van der Waals surface area contributed by atoms with E-state index in [4.69, 9.17) is 0 Å². The number of halogens is 3. The molecule has 4 rings (SSSR count). The molecule has 0 aliphatic carbocycles. The second-order valence-corrected chi connectivity index (χ2v) is 9.64. The third-order valence-electron chi connectivity index (χ3n) is 5.88. The first-order valence-electron chi connectivity index (χ1n) is 9.35. The molecule has 1 atom stereocenters. The molecule has 2 saturated heterocycles. The van der Waals surface area contributed by atoms with Gasteiger partial charge in [0.05, 0.1) is 17.0 Å². The third-order valence-corrected chi connectivity index (χ3v) is 7.72. The summed E-state index contributed by atoms with van der Waals surface area (Å²) >= 11 is 0. The largest absolute Gasteiger partial charge is 0.309 e. The average Bonchev–Trinajstić information content (AvgIpc) is 3.13. The van der Waals surface area contributed by atoms with Crippen LogP contribution in [0.3, 0.4) is 0 Å². The highest BCUT2D eigenvalue weighted by Gasteiger charge is 2.50. The Labute approximate surface area is 172 Å². The maximum absolute atomic E-state index is 13.7. The van der Waals surface area contributed by atoms with Crippen molar-refractivity contribution in [1.82, 2.24) is 9.21 Å². The molecule has 2 heterocycles. The van der Waals surface area contributed by atoms with Gasteiger partial charge in [0, 0.05) is 25.3 Å². The molecule has 0 aromatic heterocycles. The molecule has 160 valence electrons. The summed E-state index contributed by atoms with van der Waals surface area (Å²) in [6.07, 6.45) is 0.436. The third kappa shape index (κ3) is 3.48. The summed E-state index contributed by atoms with van der Waals surface area (Å²) in [7, 11) is -2.30. The van der Waals surface area contributed by atoms with Crippen molar-refractivity contribution in [2.45, 2.75) is 16.9 Å². The average molecular weight is 439 g/mol. The summed E-state index contributed by atoms with van der Waals surface area (Å²) in [5.74, 6) is -3.04. The number of carbonyl (C=O) groups is 1. The fourth-order valence-electron chi connectivity index (χ4n) is 4.09. The van der Waals surface area contributed by atoms with Crippen LogP contribution in [0.25, 0.3) is 0 Å². The first-order chi connectivity index (χ1) is 14.1. The van der Waals surface area contributed by atoms with E-state index in [0.717, 1.165) is 12.1 Å². The van der Waals surface area contributed by atoms with Gasteiger partial charge in [0.2, 0.25) is 15.9 Å². The number of sulfonamides is 1. The highest BCUT2D eigenvalue weighted by atomic mass is 32.2. The van der Waals surface area contributed by atoms with E-state index in [2.05, 4.69) is 0 Å². The van der Waals surface area contributed by atoms with Crippen LogP contribution in [-0.2, 0) is 14.8 Å². The van der Waals surface area contributed by atoms with E-state index in [-0.39, 0.29) is 37.0 Å². The van der Waals surface area contributed by atoms with Gasteiger partial charge in [-0.1, -0.05) is 6.07 Å². The molecule has 1 spiro atoms. The zero-order valence-corrected chi connectivity index (χ0v) is 17.0. The van der Waals surface area contributed by atoms with Crippen LogP contribution in [-0.4, -0.2) is 62.3 Å². The topological polar surface area (TPSA) is 60.9 Å². The van der Waals surface area contributed by atoms with Crippen LogP contribution in [0.2, 0.25) is 0 Å². The minimum atomic E-state index is -4.04. The predicted octanol–water partition coefficient (Wildman–Crippen LogP) is 2.22. The lowest BCUT2D eigenvalue weighted by Gasteiger charge is -2.46. The van der Waals surface area contributed by atoms with E-state index >= 15 is 0 Å². The fraction of sp³-hybridized carbons (Fsp3) is 0.350. The van der Waals surface area contributed by atoms with Crippen molar-refractivity contribution in [2.24, 2.45) is 0 Å². The molecule has 1 amide bonds. The predicted molar refractivity (Wildman–Crippen MR) is 104 cm³/mol. The number of amides is 1. The Morgan fingerprint density at radius 1 is 1.00 bits per heavy atom. The molecule has 0 radical (unpaired) electrons. The molecule has 0 N–H and O–H groups in total. The standard InChI is InChI=1S/C20H20F3N3O3S/c1-24-11-19(27)26(15-4-2-3-14(21)9-15)13-20(24)7-8-25(12-20)30(28,29)16-5-6-17(22)18(23)10-16/h2-6,9-10H,7-8,11-13H2,1H3/t20-/m1/s1. The normalized spacial score (nSPS) is 23.5.